The first-order valence-corrected chi connectivity index (χ1v) is 9.41. The summed E-state index contributed by atoms with van der Waals surface area (Å²) in [7, 11) is 2.15. The van der Waals surface area contributed by atoms with Crippen LogP contribution < -0.4 is 15.1 Å². The third-order valence-corrected chi connectivity index (χ3v) is 5.73. The second kappa shape index (κ2) is 8.55. The molecule has 7 nitrogen and oxygen atoms in total. The molecule has 0 aliphatic carbocycles. The fourth-order valence-corrected chi connectivity index (χ4v) is 4.10. The minimum atomic E-state index is -0.505. The highest BCUT2D eigenvalue weighted by Gasteiger charge is 2.27. The molecule has 2 rings (SSSR count). The lowest BCUT2D eigenvalue weighted by Crippen LogP contribution is -3.27. The van der Waals surface area contributed by atoms with Gasteiger partial charge < -0.3 is 19.9 Å². The number of hydrogen-bond donors (Lipinski definition) is 3. The second-order valence-electron chi connectivity index (χ2n) is 6.47. The number of carbonyl (C=O) groups excluding carboxylic acids is 3. The van der Waals surface area contributed by atoms with Crippen LogP contribution in [0, 0.1) is 6.92 Å². The summed E-state index contributed by atoms with van der Waals surface area (Å²) >= 11 is 1.14. The molecule has 1 amide bonds. The molecule has 1 aromatic rings. The summed E-state index contributed by atoms with van der Waals surface area (Å²) in [6.07, 6.45) is 0. The molecule has 1 aliphatic heterocycles. The molecule has 1 fully saturated rings. The normalized spacial score (nSPS) is 20.2. The fourth-order valence-electron chi connectivity index (χ4n) is 2.99. The number of thiophene rings is 1. The first-order valence-electron chi connectivity index (χ1n) is 8.59. The third-order valence-electron chi connectivity index (χ3n) is 4.42. The summed E-state index contributed by atoms with van der Waals surface area (Å²) in [5, 5.41) is 3.23. The molecule has 0 unspecified atom stereocenters. The molecule has 8 heteroatoms. The van der Waals surface area contributed by atoms with E-state index in [9.17, 15) is 14.4 Å². The van der Waals surface area contributed by atoms with Gasteiger partial charge in [-0.2, -0.15) is 0 Å². The number of ether oxygens (including phenoxy) is 1. The van der Waals surface area contributed by atoms with E-state index in [0.29, 0.717) is 27.5 Å². The van der Waals surface area contributed by atoms with Crippen molar-refractivity contribution in [1.29, 1.82) is 0 Å². The van der Waals surface area contributed by atoms with Crippen molar-refractivity contribution in [2.45, 2.75) is 20.8 Å². The maximum absolute atomic E-state index is 12.4. The van der Waals surface area contributed by atoms with E-state index in [1.54, 1.807) is 13.8 Å². The third kappa shape index (κ3) is 4.87. The molecule has 1 aliphatic rings. The van der Waals surface area contributed by atoms with Gasteiger partial charge in [0.15, 0.2) is 12.3 Å². The fraction of sp³-hybridized carbons (Fsp3) is 0.588. The average Bonchev–Trinajstić information content (AvgIpc) is 2.86. The van der Waals surface area contributed by atoms with Gasteiger partial charge in [-0.15, -0.1) is 11.3 Å². The van der Waals surface area contributed by atoms with Crippen molar-refractivity contribution < 1.29 is 28.9 Å². The van der Waals surface area contributed by atoms with Crippen LogP contribution in [0.15, 0.2) is 0 Å². The van der Waals surface area contributed by atoms with Crippen LogP contribution >= 0.6 is 11.3 Å². The van der Waals surface area contributed by atoms with Gasteiger partial charge in [0, 0.05) is 0 Å². The molecule has 25 heavy (non-hydrogen) atoms. The Morgan fingerprint density at radius 1 is 1.20 bits per heavy atom. The van der Waals surface area contributed by atoms with Gasteiger partial charge in [-0.3, -0.25) is 9.59 Å². The second-order valence-corrected chi connectivity index (χ2v) is 7.49. The quantitative estimate of drug-likeness (QED) is 0.434. The molecule has 2 heterocycles. The molecule has 0 bridgehead atoms. The number of Topliss-reactive ketones (excluding diaryl/α,β-unsaturated/α-hetero) is 1. The Bertz CT molecular complexity index is 663. The van der Waals surface area contributed by atoms with Crippen molar-refractivity contribution in [2.75, 3.05) is 51.7 Å². The maximum atomic E-state index is 12.4. The van der Waals surface area contributed by atoms with E-state index in [1.807, 2.05) is 0 Å². The molecular weight excluding hydrogens is 342 g/mol. The van der Waals surface area contributed by atoms with Crippen LogP contribution in [0.3, 0.4) is 0 Å². The number of piperazine rings is 1. The van der Waals surface area contributed by atoms with Crippen molar-refractivity contribution in [2.24, 2.45) is 0 Å². The minimum Gasteiger partial charge on any atom is -0.462 e. The SMILES string of the molecule is CCOC(=O)c1c(NC(=O)C[NH+]2CC[NH+](C)CC2)sc(C(C)=O)c1C. The topological polar surface area (TPSA) is 81.3 Å². The number of esters is 1. The number of rotatable bonds is 6. The Morgan fingerprint density at radius 3 is 2.40 bits per heavy atom. The lowest BCUT2D eigenvalue weighted by Gasteiger charge is -2.26. The smallest absolute Gasteiger partial charge is 0.341 e. The van der Waals surface area contributed by atoms with Crippen molar-refractivity contribution in [3.8, 4) is 0 Å². The molecule has 0 saturated carbocycles. The minimum absolute atomic E-state index is 0.124. The molecule has 1 aromatic heterocycles. The lowest BCUT2D eigenvalue weighted by molar-refractivity contribution is -0.999. The van der Waals surface area contributed by atoms with Crippen molar-refractivity contribution in [1.82, 2.24) is 0 Å². The van der Waals surface area contributed by atoms with Crippen LogP contribution in [0.5, 0.6) is 0 Å². The first kappa shape index (κ1) is 19.6. The molecule has 0 aromatic carbocycles. The largest absolute Gasteiger partial charge is 0.462 e. The van der Waals surface area contributed by atoms with Gasteiger partial charge in [0.2, 0.25) is 0 Å². The number of hydrogen-bond acceptors (Lipinski definition) is 5. The first-order chi connectivity index (χ1) is 11.8. The molecule has 0 radical (unpaired) electrons. The highest BCUT2D eigenvalue weighted by molar-refractivity contribution is 7.18. The van der Waals surface area contributed by atoms with E-state index in [0.717, 1.165) is 37.5 Å². The van der Waals surface area contributed by atoms with Gasteiger partial charge in [-0.1, -0.05) is 0 Å². The van der Waals surface area contributed by atoms with E-state index in [4.69, 9.17) is 4.74 Å². The van der Waals surface area contributed by atoms with Gasteiger partial charge in [0.1, 0.15) is 31.2 Å². The Balaban J connectivity index is 2.14. The zero-order chi connectivity index (χ0) is 18.6. The number of anilines is 1. The summed E-state index contributed by atoms with van der Waals surface area (Å²) in [5.41, 5.74) is 0.866. The molecule has 3 N–H and O–H groups in total. The number of likely N-dealkylation sites (N-methyl/N-ethyl adjacent to an activating group) is 1. The van der Waals surface area contributed by atoms with Gasteiger partial charge in [0.05, 0.1) is 24.1 Å². The molecule has 0 spiro atoms. The van der Waals surface area contributed by atoms with Gasteiger partial charge in [0.25, 0.3) is 5.91 Å². The maximum Gasteiger partial charge on any atom is 0.341 e. The lowest BCUT2D eigenvalue weighted by atomic mass is 10.1. The van der Waals surface area contributed by atoms with Crippen LogP contribution in [0.2, 0.25) is 0 Å². The van der Waals surface area contributed by atoms with Crippen molar-refractivity contribution in [3.05, 3.63) is 16.0 Å². The Labute approximate surface area is 151 Å². The van der Waals surface area contributed by atoms with E-state index < -0.39 is 5.97 Å². The molecule has 138 valence electrons. The summed E-state index contributed by atoms with van der Waals surface area (Å²) in [5.74, 6) is -0.771. The van der Waals surface area contributed by atoms with Crippen LogP contribution in [-0.2, 0) is 9.53 Å². The van der Waals surface area contributed by atoms with Gasteiger partial charge in [-0.25, -0.2) is 4.79 Å². The number of quaternary nitrogens is 2. The standard InChI is InChI=1S/C17H25N3O4S/c1-5-24-17(23)14-11(2)15(12(3)21)25-16(14)18-13(22)10-20-8-6-19(4)7-9-20/h5-10H2,1-4H3,(H,18,22)/p+2. The highest BCUT2D eigenvalue weighted by atomic mass is 32.1. The highest BCUT2D eigenvalue weighted by Crippen LogP contribution is 2.33. The monoisotopic (exact) mass is 369 g/mol. The molecular formula is C17H27N3O4S+2. The number of nitrogens with one attached hydrogen (secondary N) is 3. The Morgan fingerprint density at radius 2 is 1.84 bits per heavy atom. The predicted molar refractivity (Wildman–Crippen MR) is 95.8 cm³/mol. The van der Waals surface area contributed by atoms with E-state index in [1.165, 1.54) is 16.7 Å². The van der Waals surface area contributed by atoms with Crippen molar-refractivity contribution in [3.63, 3.8) is 0 Å². The van der Waals surface area contributed by atoms with Crippen LogP contribution in [0.1, 0.15) is 39.4 Å². The van der Waals surface area contributed by atoms with Crippen LogP contribution in [0.25, 0.3) is 0 Å². The van der Waals surface area contributed by atoms with E-state index in [-0.39, 0.29) is 18.3 Å². The van der Waals surface area contributed by atoms with Crippen LogP contribution in [-0.4, -0.2) is 64.0 Å². The zero-order valence-corrected chi connectivity index (χ0v) is 16.1. The number of carbonyl (C=O) groups is 3. The molecule has 1 saturated heterocycles. The number of amides is 1. The Hall–Kier alpha value is -1.77. The zero-order valence-electron chi connectivity index (χ0n) is 15.3. The van der Waals surface area contributed by atoms with Gasteiger partial charge >= 0.3 is 5.97 Å². The summed E-state index contributed by atoms with van der Waals surface area (Å²) < 4.78 is 5.08. The summed E-state index contributed by atoms with van der Waals surface area (Å²) in [6, 6.07) is 0. The average molecular weight is 369 g/mol. The van der Waals surface area contributed by atoms with E-state index in [2.05, 4.69) is 12.4 Å². The van der Waals surface area contributed by atoms with Crippen molar-refractivity contribution >= 4 is 34.0 Å². The molecule has 0 atom stereocenters. The summed E-state index contributed by atoms with van der Waals surface area (Å²) in [4.78, 5) is 39.6. The van der Waals surface area contributed by atoms with Crippen LogP contribution in [0.4, 0.5) is 5.00 Å². The Kier molecular flexibility index (Phi) is 6.69. The van der Waals surface area contributed by atoms with E-state index >= 15 is 0 Å². The summed E-state index contributed by atoms with van der Waals surface area (Å²) in [6.45, 7) is 9.49. The predicted octanol–water partition coefficient (Wildman–Crippen LogP) is -1.21. The van der Waals surface area contributed by atoms with Gasteiger partial charge in [-0.05, 0) is 26.3 Å². The number of ketones is 1.